The molecular weight excluding hydrogens is 248 g/mol. The van der Waals surface area contributed by atoms with Crippen molar-refractivity contribution in [3.05, 3.63) is 0 Å². The van der Waals surface area contributed by atoms with E-state index in [1.54, 1.807) is 12.1 Å². The SMILES string of the molecule is CC(=O)O[C@@H]1CCC[C@H]1N(C)NC(=O)OC(C)(C)C. The molecule has 0 aromatic heterocycles. The summed E-state index contributed by atoms with van der Waals surface area (Å²) >= 11 is 0. The van der Waals surface area contributed by atoms with Crippen molar-refractivity contribution in [1.82, 2.24) is 10.4 Å². The molecule has 1 aliphatic rings. The van der Waals surface area contributed by atoms with E-state index in [9.17, 15) is 9.59 Å². The minimum Gasteiger partial charge on any atom is -0.461 e. The van der Waals surface area contributed by atoms with Gasteiger partial charge in [0.05, 0.1) is 6.04 Å². The first-order valence-corrected chi connectivity index (χ1v) is 6.59. The second-order valence-electron chi connectivity index (χ2n) is 5.87. The molecule has 1 rings (SSSR count). The van der Waals surface area contributed by atoms with E-state index in [0.29, 0.717) is 0 Å². The van der Waals surface area contributed by atoms with E-state index in [1.165, 1.54) is 6.92 Å². The molecule has 1 saturated carbocycles. The van der Waals surface area contributed by atoms with Crippen LogP contribution in [0.15, 0.2) is 0 Å². The zero-order valence-corrected chi connectivity index (χ0v) is 12.4. The molecule has 19 heavy (non-hydrogen) atoms. The molecule has 0 heterocycles. The molecule has 0 radical (unpaired) electrons. The maximum absolute atomic E-state index is 11.7. The average Bonchev–Trinajstić information content (AvgIpc) is 2.61. The second-order valence-corrected chi connectivity index (χ2v) is 5.87. The molecule has 1 N–H and O–H groups in total. The lowest BCUT2D eigenvalue weighted by Gasteiger charge is -2.30. The summed E-state index contributed by atoms with van der Waals surface area (Å²) in [6.07, 6.45) is 2.01. The first kappa shape index (κ1) is 15.8. The van der Waals surface area contributed by atoms with E-state index in [0.717, 1.165) is 19.3 Å². The molecule has 2 atom stereocenters. The summed E-state index contributed by atoms with van der Waals surface area (Å²) in [5.74, 6) is -0.289. The Morgan fingerprint density at radius 1 is 1.26 bits per heavy atom. The van der Waals surface area contributed by atoms with Gasteiger partial charge >= 0.3 is 12.1 Å². The molecule has 0 unspecified atom stereocenters. The van der Waals surface area contributed by atoms with Crippen LogP contribution in [0, 0.1) is 0 Å². The Morgan fingerprint density at radius 2 is 1.89 bits per heavy atom. The van der Waals surface area contributed by atoms with E-state index in [-0.39, 0.29) is 18.1 Å². The number of carbonyl (C=O) groups excluding carboxylic acids is 2. The number of carbonyl (C=O) groups is 2. The van der Waals surface area contributed by atoms with Crippen molar-refractivity contribution in [3.63, 3.8) is 0 Å². The van der Waals surface area contributed by atoms with Crippen LogP contribution in [-0.4, -0.2) is 41.9 Å². The Bertz CT molecular complexity index is 338. The van der Waals surface area contributed by atoms with Gasteiger partial charge in [0.25, 0.3) is 0 Å². The molecule has 1 fully saturated rings. The van der Waals surface area contributed by atoms with Crippen LogP contribution < -0.4 is 5.43 Å². The van der Waals surface area contributed by atoms with Gasteiger partial charge in [-0.2, -0.15) is 0 Å². The molecule has 0 aliphatic heterocycles. The van der Waals surface area contributed by atoms with E-state index in [4.69, 9.17) is 9.47 Å². The van der Waals surface area contributed by atoms with E-state index in [2.05, 4.69) is 5.43 Å². The lowest BCUT2D eigenvalue weighted by Crippen LogP contribution is -2.50. The smallest absolute Gasteiger partial charge is 0.422 e. The van der Waals surface area contributed by atoms with Crippen LogP contribution in [0.3, 0.4) is 0 Å². The van der Waals surface area contributed by atoms with Gasteiger partial charge in [0, 0.05) is 14.0 Å². The Morgan fingerprint density at radius 3 is 2.42 bits per heavy atom. The molecule has 0 saturated heterocycles. The van der Waals surface area contributed by atoms with Gasteiger partial charge in [-0.3, -0.25) is 10.2 Å². The summed E-state index contributed by atoms with van der Waals surface area (Å²) in [4.78, 5) is 22.7. The van der Waals surface area contributed by atoms with Crippen molar-refractivity contribution >= 4 is 12.1 Å². The normalized spacial score (nSPS) is 23.3. The second kappa shape index (κ2) is 6.23. The van der Waals surface area contributed by atoms with Crippen molar-refractivity contribution in [3.8, 4) is 0 Å². The topological polar surface area (TPSA) is 67.9 Å². The molecule has 1 aliphatic carbocycles. The van der Waals surface area contributed by atoms with Crippen LogP contribution >= 0.6 is 0 Å². The lowest BCUT2D eigenvalue weighted by atomic mass is 10.2. The Labute approximate surface area is 114 Å². The highest BCUT2D eigenvalue weighted by atomic mass is 16.6. The van der Waals surface area contributed by atoms with Crippen LogP contribution in [0.4, 0.5) is 4.79 Å². The third kappa shape index (κ3) is 5.46. The van der Waals surface area contributed by atoms with Crippen LogP contribution in [0.1, 0.15) is 47.0 Å². The minimum atomic E-state index is -0.532. The Balaban J connectivity index is 2.50. The van der Waals surface area contributed by atoms with Gasteiger partial charge in [-0.05, 0) is 40.0 Å². The summed E-state index contributed by atoms with van der Waals surface area (Å²) in [5.41, 5.74) is 2.13. The number of esters is 1. The number of amides is 1. The fourth-order valence-electron chi connectivity index (χ4n) is 2.23. The van der Waals surface area contributed by atoms with Crippen LogP contribution in [0.25, 0.3) is 0 Å². The number of hydrogen-bond donors (Lipinski definition) is 1. The zero-order valence-electron chi connectivity index (χ0n) is 12.4. The predicted molar refractivity (Wildman–Crippen MR) is 70.3 cm³/mol. The van der Waals surface area contributed by atoms with Gasteiger partial charge < -0.3 is 9.47 Å². The maximum atomic E-state index is 11.7. The van der Waals surface area contributed by atoms with Crippen molar-refractivity contribution in [1.29, 1.82) is 0 Å². The Kier molecular flexibility index (Phi) is 5.17. The van der Waals surface area contributed by atoms with Gasteiger partial charge in [0.2, 0.25) is 0 Å². The third-order valence-electron chi connectivity index (χ3n) is 2.90. The predicted octanol–water partition coefficient (Wildman–Crippen LogP) is 1.84. The molecule has 110 valence electrons. The van der Waals surface area contributed by atoms with Crippen molar-refractivity contribution in [2.24, 2.45) is 0 Å². The van der Waals surface area contributed by atoms with Crippen molar-refractivity contribution in [2.75, 3.05) is 7.05 Å². The van der Waals surface area contributed by atoms with Gasteiger partial charge in [-0.1, -0.05) is 0 Å². The summed E-state index contributed by atoms with van der Waals surface area (Å²) < 4.78 is 10.4. The summed E-state index contributed by atoms with van der Waals surface area (Å²) in [6, 6.07) is -0.00332. The largest absolute Gasteiger partial charge is 0.461 e. The number of hydrogen-bond acceptors (Lipinski definition) is 5. The number of hydrazine groups is 1. The van der Waals surface area contributed by atoms with Gasteiger partial charge in [-0.15, -0.1) is 0 Å². The van der Waals surface area contributed by atoms with Crippen molar-refractivity contribution in [2.45, 2.75) is 64.7 Å². The van der Waals surface area contributed by atoms with Gasteiger partial charge in [0.15, 0.2) is 0 Å². The standard InChI is InChI=1S/C13H24N2O4/c1-9(16)18-11-8-6-7-10(11)15(5)14-12(17)19-13(2,3)4/h10-11H,6-8H2,1-5H3,(H,14,17)/t10-,11-/m1/s1. The number of nitrogens with one attached hydrogen (secondary N) is 1. The molecular formula is C13H24N2O4. The summed E-state index contributed by atoms with van der Waals surface area (Å²) in [5, 5.41) is 1.68. The molecule has 0 spiro atoms. The monoisotopic (exact) mass is 272 g/mol. The minimum absolute atomic E-state index is 0.00332. The molecule has 1 amide bonds. The first-order chi connectivity index (χ1) is 8.69. The lowest BCUT2D eigenvalue weighted by molar-refractivity contribution is -0.148. The number of nitrogens with zero attached hydrogens (tertiary/aromatic N) is 1. The highest BCUT2D eigenvalue weighted by molar-refractivity contribution is 5.67. The van der Waals surface area contributed by atoms with Crippen LogP contribution in [-0.2, 0) is 14.3 Å². The van der Waals surface area contributed by atoms with Gasteiger partial charge in [0.1, 0.15) is 11.7 Å². The van der Waals surface area contributed by atoms with E-state index < -0.39 is 11.7 Å². The molecule has 0 bridgehead atoms. The highest BCUT2D eigenvalue weighted by Gasteiger charge is 2.34. The van der Waals surface area contributed by atoms with E-state index in [1.807, 2.05) is 20.8 Å². The number of likely N-dealkylation sites (N-methyl/N-ethyl adjacent to an activating group) is 1. The third-order valence-corrected chi connectivity index (χ3v) is 2.90. The zero-order chi connectivity index (χ0) is 14.6. The summed E-state index contributed by atoms with van der Waals surface area (Å²) in [6.45, 7) is 6.83. The quantitative estimate of drug-likeness (QED) is 0.627. The fourth-order valence-corrected chi connectivity index (χ4v) is 2.23. The maximum Gasteiger partial charge on any atom is 0.422 e. The van der Waals surface area contributed by atoms with Crippen LogP contribution in [0.5, 0.6) is 0 Å². The van der Waals surface area contributed by atoms with Crippen molar-refractivity contribution < 1.29 is 19.1 Å². The number of rotatable bonds is 3. The summed E-state index contributed by atoms with van der Waals surface area (Å²) in [7, 11) is 1.76. The molecule has 0 aromatic rings. The molecule has 6 heteroatoms. The van der Waals surface area contributed by atoms with Crippen LogP contribution in [0.2, 0.25) is 0 Å². The highest BCUT2D eigenvalue weighted by Crippen LogP contribution is 2.25. The average molecular weight is 272 g/mol. The Hall–Kier alpha value is -1.30. The van der Waals surface area contributed by atoms with E-state index >= 15 is 0 Å². The molecule has 0 aromatic carbocycles. The van der Waals surface area contributed by atoms with Gasteiger partial charge in [-0.25, -0.2) is 9.80 Å². The number of ether oxygens (including phenoxy) is 2. The molecule has 6 nitrogen and oxygen atoms in total. The first-order valence-electron chi connectivity index (χ1n) is 6.59. The fraction of sp³-hybridized carbons (Fsp3) is 0.846.